The summed E-state index contributed by atoms with van der Waals surface area (Å²) in [4.78, 5) is 36.4. The molecule has 0 aliphatic heterocycles. The van der Waals surface area contributed by atoms with Crippen LogP contribution in [-0.2, 0) is 20.9 Å². The van der Waals surface area contributed by atoms with Gasteiger partial charge in [0.2, 0.25) is 11.8 Å². The number of benzene rings is 1. The van der Waals surface area contributed by atoms with Gasteiger partial charge in [-0.2, -0.15) is 0 Å². The fraction of sp³-hybridized carbons (Fsp3) is 0.476. The fourth-order valence-corrected chi connectivity index (χ4v) is 2.48. The number of nitrogens with one attached hydrogen (secondary N) is 2. The van der Waals surface area contributed by atoms with E-state index in [9.17, 15) is 14.4 Å². The number of carbonyl (C=O) groups is 3. The molecule has 154 valence electrons. The highest BCUT2D eigenvalue weighted by molar-refractivity contribution is 5.90. The van der Waals surface area contributed by atoms with Crippen LogP contribution >= 0.6 is 0 Å². The van der Waals surface area contributed by atoms with Gasteiger partial charge in [-0.3, -0.25) is 9.59 Å². The summed E-state index contributed by atoms with van der Waals surface area (Å²) in [6, 6.07) is 7.59. The largest absolute Gasteiger partial charge is 0.445 e. The lowest BCUT2D eigenvalue weighted by molar-refractivity contribution is -0.128. The van der Waals surface area contributed by atoms with E-state index in [4.69, 9.17) is 10.5 Å². The lowest BCUT2D eigenvalue weighted by atomic mass is 10.0. The molecule has 1 aromatic rings. The van der Waals surface area contributed by atoms with E-state index >= 15 is 0 Å². The van der Waals surface area contributed by atoms with Crippen molar-refractivity contribution in [1.82, 2.24) is 10.6 Å². The Morgan fingerprint density at radius 2 is 1.71 bits per heavy atom. The van der Waals surface area contributed by atoms with Gasteiger partial charge in [0.15, 0.2) is 0 Å². The van der Waals surface area contributed by atoms with Crippen LogP contribution in [-0.4, -0.2) is 30.0 Å². The summed E-state index contributed by atoms with van der Waals surface area (Å²) in [5.41, 5.74) is 7.25. The second kappa shape index (κ2) is 11.8. The molecule has 4 N–H and O–H groups in total. The van der Waals surface area contributed by atoms with Gasteiger partial charge in [0, 0.05) is 0 Å². The Kier molecular flexibility index (Phi) is 9.78. The lowest BCUT2D eigenvalue weighted by Crippen LogP contribution is -2.53. The zero-order valence-electron chi connectivity index (χ0n) is 17.0. The maximum atomic E-state index is 12.6. The summed E-state index contributed by atoms with van der Waals surface area (Å²) in [7, 11) is 0. The maximum Gasteiger partial charge on any atom is 0.408 e. The molecular formula is C21H31N3O4. The van der Waals surface area contributed by atoms with Crippen LogP contribution in [0.5, 0.6) is 0 Å². The van der Waals surface area contributed by atoms with Crippen molar-refractivity contribution in [3.05, 3.63) is 47.5 Å². The Bertz CT molecular complexity index is 682. The van der Waals surface area contributed by atoms with Crippen LogP contribution in [0.1, 0.15) is 46.1 Å². The van der Waals surface area contributed by atoms with Gasteiger partial charge in [-0.1, -0.05) is 55.8 Å². The zero-order valence-corrected chi connectivity index (χ0v) is 17.0. The van der Waals surface area contributed by atoms with Crippen molar-refractivity contribution in [2.24, 2.45) is 11.7 Å². The molecule has 7 nitrogen and oxygen atoms in total. The molecule has 7 heteroatoms. The van der Waals surface area contributed by atoms with Crippen molar-refractivity contribution >= 4 is 17.9 Å². The quantitative estimate of drug-likeness (QED) is 0.534. The highest BCUT2D eigenvalue weighted by Crippen LogP contribution is 2.08. The first-order valence-electron chi connectivity index (χ1n) is 9.39. The number of ether oxygens (including phenoxy) is 1. The minimum Gasteiger partial charge on any atom is -0.445 e. The molecule has 2 atom stereocenters. The van der Waals surface area contributed by atoms with Crippen LogP contribution < -0.4 is 16.4 Å². The highest BCUT2D eigenvalue weighted by Gasteiger charge is 2.26. The van der Waals surface area contributed by atoms with Gasteiger partial charge in [0.05, 0.1) is 0 Å². The molecule has 0 spiro atoms. The summed E-state index contributed by atoms with van der Waals surface area (Å²) in [5, 5.41) is 5.21. The summed E-state index contributed by atoms with van der Waals surface area (Å²) >= 11 is 0. The molecule has 0 aliphatic carbocycles. The van der Waals surface area contributed by atoms with Crippen LogP contribution in [0.2, 0.25) is 0 Å². The van der Waals surface area contributed by atoms with E-state index in [0.29, 0.717) is 12.8 Å². The number of hydrogen-bond acceptors (Lipinski definition) is 4. The second-order valence-corrected chi connectivity index (χ2v) is 7.37. The number of amides is 3. The first-order chi connectivity index (χ1) is 13.2. The molecule has 0 saturated heterocycles. The lowest BCUT2D eigenvalue weighted by Gasteiger charge is -2.22. The molecule has 0 aliphatic rings. The first kappa shape index (κ1) is 23.2. The number of allylic oxidation sites excluding steroid dienone is 1. The third kappa shape index (κ3) is 9.21. The molecule has 0 fully saturated rings. The Balaban J connectivity index is 2.71. The molecule has 0 saturated carbocycles. The highest BCUT2D eigenvalue weighted by atomic mass is 16.5. The molecule has 1 rings (SSSR count). The van der Waals surface area contributed by atoms with Crippen molar-refractivity contribution in [2.75, 3.05) is 0 Å². The van der Waals surface area contributed by atoms with Gasteiger partial charge in [-0.25, -0.2) is 4.79 Å². The van der Waals surface area contributed by atoms with Gasteiger partial charge in [-0.05, 0) is 38.2 Å². The van der Waals surface area contributed by atoms with E-state index in [-0.39, 0.29) is 12.5 Å². The Labute approximate surface area is 166 Å². The van der Waals surface area contributed by atoms with Crippen LogP contribution in [0.3, 0.4) is 0 Å². The van der Waals surface area contributed by atoms with Crippen molar-refractivity contribution in [3.63, 3.8) is 0 Å². The number of rotatable bonds is 10. The Hall–Kier alpha value is -2.83. The SMILES string of the molecule is CC(C)=CC[C@H](NC(=O)[C@H](CC(C)C)NC(=O)OCc1ccccc1)C(N)=O. The van der Waals surface area contributed by atoms with Gasteiger partial charge in [-0.15, -0.1) is 0 Å². The van der Waals surface area contributed by atoms with Gasteiger partial charge in [0.1, 0.15) is 18.7 Å². The van der Waals surface area contributed by atoms with Crippen molar-refractivity contribution in [1.29, 1.82) is 0 Å². The monoisotopic (exact) mass is 389 g/mol. The van der Waals surface area contributed by atoms with E-state index in [1.807, 2.05) is 64.1 Å². The van der Waals surface area contributed by atoms with Gasteiger partial charge < -0.3 is 21.1 Å². The summed E-state index contributed by atoms with van der Waals surface area (Å²) in [6.45, 7) is 7.77. The summed E-state index contributed by atoms with van der Waals surface area (Å²) in [5.74, 6) is -0.938. The van der Waals surface area contributed by atoms with E-state index in [1.165, 1.54) is 0 Å². The molecule has 0 aromatic heterocycles. The number of alkyl carbamates (subject to hydrolysis) is 1. The van der Waals surface area contributed by atoms with Crippen molar-refractivity contribution < 1.29 is 19.1 Å². The van der Waals surface area contributed by atoms with Gasteiger partial charge >= 0.3 is 6.09 Å². The second-order valence-electron chi connectivity index (χ2n) is 7.37. The third-order valence-corrected chi connectivity index (χ3v) is 3.95. The minimum atomic E-state index is -0.834. The maximum absolute atomic E-state index is 12.6. The normalized spacial score (nSPS) is 12.6. The standard InChI is InChI=1S/C21H31N3O4/c1-14(2)10-11-17(19(22)25)23-20(26)18(12-15(3)4)24-21(27)28-13-16-8-6-5-7-9-16/h5-10,15,17-18H,11-13H2,1-4H3,(H2,22,25)(H,23,26)(H,24,27)/t17-,18-/m0/s1. The molecule has 0 radical (unpaired) electrons. The van der Waals surface area contributed by atoms with E-state index in [2.05, 4.69) is 10.6 Å². The van der Waals surface area contributed by atoms with E-state index in [0.717, 1.165) is 11.1 Å². The predicted molar refractivity (Wildman–Crippen MR) is 108 cm³/mol. The first-order valence-corrected chi connectivity index (χ1v) is 9.39. The van der Waals surface area contributed by atoms with E-state index < -0.39 is 30.0 Å². The Morgan fingerprint density at radius 3 is 2.25 bits per heavy atom. The van der Waals surface area contributed by atoms with Crippen molar-refractivity contribution in [3.8, 4) is 0 Å². The summed E-state index contributed by atoms with van der Waals surface area (Å²) in [6.07, 6.45) is 1.84. The molecule has 0 bridgehead atoms. The number of nitrogens with two attached hydrogens (primary N) is 1. The topological polar surface area (TPSA) is 111 Å². The fourth-order valence-electron chi connectivity index (χ4n) is 2.48. The number of primary amides is 1. The number of hydrogen-bond donors (Lipinski definition) is 3. The molecular weight excluding hydrogens is 358 g/mol. The molecule has 0 heterocycles. The molecule has 1 aromatic carbocycles. The summed E-state index contributed by atoms with van der Waals surface area (Å²) < 4.78 is 5.19. The molecule has 28 heavy (non-hydrogen) atoms. The molecule has 0 unspecified atom stereocenters. The zero-order chi connectivity index (χ0) is 21.1. The van der Waals surface area contributed by atoms with Crippen LogP contribution in [0.4, 0.5) is 4.79 Å². The predicted octanol–water partition coefficient (Wildman–Crippen LogP) is 2.65. The minimum absolute atomic E-state index is 0.104. The van der Waals surface area contributed by atoms with Crippen molar-refractivity contribution in [2.45, 2.75) is 59.2 Å². The average Bonchev–Trinajstić information content (AvgIpc) is 2.62. The van der Waals surface area contributed by atoms with Gasteiger partial charge in [0.25, 0.3) is 0 Å². The van der Waals surface area contributed by atoms with E-state index in [1.54, 1.807) is 0 Å². The smallest absolute Gasteiger partial charge is 0.408 e. The van der Waals surface area contributed by atoms with Crippen LogP contribution in [0.25, 0.3) is 0 Å². The van der Waals surface area contributed by atoms with Crippen LogP contribution in [0.15, 0.2) is 42.0 Å². The average molecular weight is 389 g/mol. The molecule has 3 amide bonds. The van der Waals surface area contributed by atoms with Crippen LogP contribution in [0, 0.1) is 5.92 Å². The Morgan fingerprint density at radius 1 is 1.07 bits per heavy atom. The number of carbonyl (C=O) groups excluding carboxylic acids is 3. The third-order valence-electron chi connectivity index (χ3n) is 3.95.